The van der Waals surface area contributed by atoms with Crippen molar-refractivity contribution >= 4 is 21.8 Å². The van der Waals surface area contributed by atoms with E-state index in [2.05, 4.69) is 144 Å². The van der Waals surface area contributed by atoms with E-state index in [1.165, 1.54) is 11.1 Å². The molecule has 2 aromatic heterocycles. The van der Waals surface area contributed by atoms with E-state index in [-0.39, 0.29) is 0 Å². The van der Waals surface area contributed by atoms with E-state index in [1.54, 1.807) is 0 Å². The lowest BCUT2D eigenvalue weighted by Crippen LogP contribution is -2.04. The van der Waals surface area contributed by atoms with E-state index in [0.717, 1.165) is 60.8 Å². The van der Waals surface area contributed by atoms with Crippen LogP contribution in [0.1, 0.15) is 1.37 Å². The van der Waals surface area contributed by atoms with Crippen LogP contribution in [0.4, 0.5) is 0 Å². The van der Waals surface area contributed by atoms with Crippen LogP contribution in [0.15, 0.2) is 206 Å². The summed E-state index contributed by atoms with van der Waals surface area (Å²) < 4.78 is 12.1. The monoisotopic (exact) mass is 703 g/mol. The molecule has 8 aromatic carbocycles. The van der Waals surface area contributed by atoms with Crippen LogP contribution in [0.3, 0.4) is 0 Å². The van der Waals surface area contributed by atoms with Crippen molar-refractivity contribution in [2.75, 3.05) is 0 Å². The molecule has 10 rings (SSSR count). The molecule has 0 saturated carbocycles. The normalized spacial score (nSPS) is 11.5. The molecule has 4 nitrogen and oxygen atoms in total. The molecule has 0 N–H and O–H groups in total. The molecule has 0 bridgehead atoms. The molecule has 55 heavy (non-hydrogen) atoms. The summed E-state index contributed by atoms with van der Waals surface area (Å²) >= 11 is 0. The average molecular weight is 704 g/mol. The average Bonchev–Trinajstić information content (AvgIpc) is 3.61. The van der Waals surface area contributed by atoms with Gasteiger partial charge in [0, 0.05) is 27.5 Å². The van der Waals surface area contributed by atoms with Crippen LogP contribution in [0.2, 0.25) is 0 Å². The molecule has 0 amide bonds. The fourth-order valence-electron chi connectivity index (χ4n) is 7.45. The van der Waals surface area contributed by atoms with Crippen molar-refractivity contribution in [2.45, 2.75) is 0 Å². The van der Waals surface area contributed by atoms with Crippen LogP contribution in [0.25, 0.3) is 95.0 Å². The minimum atomic E-state index is 0.394. The maximum Gasteiger partial charge on any atom is 0.166 e. The number of nitrogens with zero attached hydrogens (tertiary/aromatic N) is 4. The maximum absolute atomic E-state index is 9.92. The third-order valence-corrected chi connectivity index (χ3v) is 10.2. The van der Waals surface area contributed by atoms with E-state index >= 15 is 0 Å². The number of hydrogen-bond acceptors (Lipinski definition) is 3. The molecule has 0 spiro atoms. The van der Waals surface area contributed by atoms with Crippen LogP contribution in [0.5, 0.6) is 0 Å². The van der Waals surface area contributed by atoms with Gasteiger partial charge in [-0.05, 0) is 63.7 Å². The highest BCUT2D eigenvalue weighted by molar-refractivity contribution is 6.09. The SMILES string of the molecule is [2H]c1c(-c2ccccc2)ccc(-c2nc(-c3ccccc3)nc(-c3ccc(-c4cccc(-c5ccccc5)c4)cc3)n2)c1-n1c2ccccc2c2ccccc21. The van der Waals surface area contributed by atoms with Gasteiger partial charge in [-0.3, -0.25) is 0 Å². The summed E-state index contributed by atoms with van der Waals surface area (Å²) in [5.41, 5.74) is 11.7. The molecular weight excluding hydrogens is 669 g/mol. The van der Waals surface area contributed by atoms with Gasteiger partial charge in [-0.2, -0.15) is 0 Å². The topological polar surface area (TPSA) is 43.6 Å². The fraction of sp³-hybridized carbons (Fsp3) is 0. The number of para-hydroxylation sites is 2. The second-order valence-corrected chi connectivity index (χ2v) is 13.6. The van der Waals surface area contributed by atoms with E-state index in [1.807, 2.05) is 60.7 Å². The molecule has 0 radical (unpaired) electrons. The summed E-state index contributed by atoms with van der Waals surface area (Å²) in [5, 5.41) is 2.24. The second kappa shape index (κ2) is 13.8. The van der Waals surface area contributed by atoms with E-state index < -0.39 is 0 Å². The first kappa shape index (κ1) is 31.1. The van der Waals surface area contributed by atoms with Gasteiger partial charge in [-0.25, -0.2) is 15.0 Å². The first-order valence-electron chi connectivity index (χ1n) is 19.0. The Balaban J connectivity index is 1.17. The second-order valence-electron chi connectivity index (χ2n) is 13.6. The van der Waals surface area contributed by atoms with Crippen molar-refractivity contribution in [1.82, 2.24) is 19.5 Å². The summed E-state index contributed by atoms with van der Waals surface area (Å²) in [6.45, 7) is 0. The van der Waals surface area contributed by atoms with Gasteiger partial charge < -0.3 is 4.57 Å². The predicted molar refractivity (Wildman–Crippen MR) is 227 cm³/mol. The highest BCUT2D eigenvalue weighted by atomic mass is 15.1. The van der Waals surface area contributed by atoms with Gasteiger partial charge in [-0.1, -0.05) is 176 Å². The van der Waals surface area contributed by atoms with Crippen molar-refractivity contribution in [3.63, 3.8) is 0 Å². The summed E-state index contributed by atoms with van der Waals surface area (Å²) in [6.07, 6.45) is 0. The van der Waals surface area contributed by atoms with Gasteiger partial charge in [0.05, 0.1) is 18.1 Å². The van der Waals surface area contributed by atoms with Crippen LogP contribution in [-0.2, 0) is 0 Å². The number of hydrogen-bond donors (Lipinski definition) is 0. The van der Waals surface area contributed by atoms with E-state index in [4.69, 9.17) is 15.0 Å². The number of rotatable bonds is 7. The number of aromatic nitrogens is 4. The summed E-state index contributed by atoms with van der Waals surface area (Å²) in [4.78, 5) is 15.4. The Bertz CT molecular complexity index is 2960. The Labute approximate surface area is 321 Å². The summed E-state index contributed by atoms with van der Waals surface area (Å²) in [7, 11) is 0. The van der Waals surface area contributed by atoms with Crippen molar-refractivity contribution in [3.05, 3.63) is 206 Å². The van der Waals surface area contributed by atoms with Gasteiger partial charge in [0.1, 0.15) is 0 Å². The summed E-state index contributed by atoms with van der Waals surface area (Å²) in [5.74, 6) is 1.63. The maximum atomic E-state index is 9.92. The van der Waals surface area contributed by atoms with Crippen molar-refractivity contribution in [3.8, 4) is 73.2 Å². The van der Waals surface area contributed by atoms with Gasteiger partial charge in [0.25, 0.3) is 0 Å². The molecule has 0 unspecified atom stereocenters. The van der Waals surface area contributed by atoms with Gasteiger partial charge in [0.15, 0.2) is 17.5 Å². The Morgan fingerprint density at radius 1 is 0.327 bits per heavy atom. The minimum Gasteiger partial charge on any atom is -0.308 e. The van der Waals surface area contributed by atoms with Crippen LogP contribution in [0, 0.1) is 0 Å². The van der Waals surface area contributed by atoms with Crippen LogP contribution < -0.4 is 0 Å². The zero-order chi connectivity index (χ0) is 37.4. The minimum absolute atomic E-state index is 0.394. The molecule has 0 saturated heterocycles. The molecular formula is C51H34N4. The quantitative estimate of drug-likeness (QED) is 0.166. The van der Waals surface area contributed by atoms with Crippen molar-refractivity contribution in [2.24, 2.45) is 0 Å². The van der Waals surface area contributed by atoms with Crippen LogP contribution in [-0.4, -0.2) is 19.5 Å². The largest absolute Gasteiger partial charge is 0.308 e. The van der Waals surface area contributed by atoms with Gasteiger partial charge in [0.2, 0.25) is 0 Å². The molecule has 10 aromatic rings. The first-order chi connectivity index (χ1) is 27.7. The molecule has 2 heterocycles. The molecule has 0 aliphatic carbocycles. The lowest BCUT2D eigenvalue weighted by Gasteiger charge is -2.16. The molecule has 0 atom stereocenters. The van der Waals surface area contributed by atoms with Gasteiger partial charge >= 0.3 is 0 Å². The third kappa shape index (κ3) is 6.06. The van der Waals surface area contributed by atoms with Crippen molar-refractivity contribution in [1.29, 1.82) is 0 Å². The highest BCUT2D eigenvalue weighted by Crippen LogP contribution is 2.38. The molecule has 258 valence electrons. The molecule has 0 fully saturated rings. The lowest BCUT2D eigenvalue weighted by molar-refractivity contribution is 1.06. The lowest BCUT2D eigenvalue weighted by atomic mass is 9.98. The van der Waals surface area contributed by atoms with E-state index in [9.17, 15) is 1.37 Å². The fourth-order valence-corrected chi connectivity index (χ4v) is 7.45. The van der Waals surface area contributed by atoms with Crippen LogP contribution >= 0.6 is 0 Å². The van der Waals surface area contributed by atoms with E-state index in [0.29, 0.717) is 29.2 Å². The zero-order valence-corrected chi connectivity index (χ0v) is 29.8. The summed E-state index contributed by atoms with van der Waals surface area (Å²) in [6, 6.07) is 68.9. The number of fused-ring (bicyclic) bond motifs is 3. The van der Waals surface area contributed by atoms with Gasteiger partial charge in [-0.15, -0.1) is 0 Å². The molecule has 0 aliphatic heterocycles. The molecule has 0 aliphatic rings. The Morgan fingerprint density at radius 2 is 0.727 bits per heavy atom. The predicted octanol–water partition coefficient (Wildman–Crippen LogP) is 13.0. The highest BCUT2D eigenvalue weighted by Gasteiger charge is 2.20. The Kier molecular flexibility index (Phi) is 7.84. The third-order valence-electron chi connectivity index (χ3n) is 10.2. The number of benzene rings is 8. The Hall–Kier alpha value is -7.43. The standard InChI is InChI=1S/C51H34N4/c1-4-15-35(16-5-1)40-21-14-22-41(33-40)37-27-29-39(30-28-37)50-52-49(38-19-8-3-9-20-38)53-51(54-50)45-32-31-42(36-17-6-2-7-18-36)34-48(45)55-46-25-12-10-23-43(46)44-24-11-13-26-47(44)55/h1-34H/i34D. The first-order valence-corrected chi connectivity index (χ1v) is 18.5. The van der Waals surface area contributed by atoms with Crippen molar-refractivity contribution < 1.29 is 1.37 Å². The Morgan fingerprint density at radius 3 is 1.31 bits per heavy atom. The zero-order valence-electron chi connectivity index (χ0n) is 30.8. The molecule has 4 heteroatoms. The smallest absolute Gasteiger partial charge is 0.166 e.